The van der Waals surface area contributed by atoms with Gasteiger partial charge < -0.3 is 15.0 Å². The molecule has 0 saturated carbocycles. The van der Waals surface area contributed by atoms with E-state index < -0.39 is 5.54 Å². The number of nitrogens with zero attached hydrogens (tertiary/aromatic N) is 1. The molecule has 1 aromatic rings. The summed E-state index contributed by atoms with van der Waals surface area (Å²) in [4.78, 5) is 14.8. The Kier molecular flexibility index (Phi) is 5.65. The maximum atomic E-state index is 12.4. The Morgan fingerprint density at radius 2 is 2.05 bits per heavy atom. The predicted molar refractivity (Wildman–Crippen MR) is 88.5 cm³/mol. The lowest BCUT2D eigenvalue weighted by Gasteiger charge is -2.40. The van der Waals surface area contributed by atoms with E-state index in [0.717, 1.165) is 49.1 Å². The van der Waals surface area contributed by atoms with E-state index in [2.05, 4.69) is 33.1 Å². The van der Waals surface area contributed by atoms with E-state index in [4.69, 9.17) is 4.74 Å². The lowest BCUT2D eigenvalue weighted by atomic mass is 9.87. The molecule has 2 rings (SSSR count). The fourth-order valence-corrected chi connectivity index (χ4v) is 3.25. The van der Waals surface area contributed by atoms with Crippen molar-refractivity contribution in [3.05, 3.63) is 28.7 Å². The molecule has 1 aliphatic heterocycles. The van der Waals surface area contributed by atoms with Gasteiger partial charge in [-0.15, -0.1) is 0 Å². The summed E-state index contributed by atoms with van der Waals surface area (Å²) in [6, 6.07) is 7.88. The molecule has 21 heavy (non-hydrogen) atoms. The van der Waals surface area contributed by atoms with Crippen LogP contribution in [0.15, 0.2) is 28.7 Å². The highest BCUT2D eigenvalue weighted by Crippen LogP contribution is 2.31. The van der Waals surface area contributed by atoms with Crippen LogP contribution in [0.5, 0.6) is 0 Å². The van der Waals surface area contributed by atoms with Gasteiger partial charge in [0.25, 0.3) is 0 Å². The second-order valence-corrected chi connectivity index (χ2v) is 6.37. The van der Waals surface area contributed by atoms with Gasteiger partial charge >= 0.3 is 5.97 Å². The second-order valence-electron chi connectivity index (χ2n) is 5.52. The van der Waals surface area contributed by atoms with Crippen molar-refractivity contribution in [1.82, 2.24) is 4.90 Å². The molecule has 4 nitrogen and oxygen atoms in total. The Labute approximate surface area is 135 Å². The molecule has 0 atom stereocenters. The number of para-hydroxylation sites is 1. The average molecular weight is 355 g/mol. The van der Waals surface area contributed by atoms with Gasteiger partial charge in [-0.3, -0.25) is 0 Å². The van der Waals surface area contributed by atoms with E-state index in [0.29, 0.717) is 0 Å². The SMILES string of the molecule is CCCN1CCC(Nc2ccccc2Br)(C(=O)OC)CC1. The first-order valence-corrected chi connectivity index (χ1v) is 8.24. The van der Waals surface area contributed by atoms with Crippen molar-refractivity contribution >= 4 is 27.6 Å². The number of esters is 1. The summed E-state index contributed by atoms with van der Waals surface area (Å²) < 4.78 is 6.03. The van der Waals surface area contributed by atoms with Gasteiger partial charge in [0.2, 0.25) is 0 Å². The number of nitrogens with one attached hydrogen (secondary N) is 1. The maximum absolute atomic E-state index is 12.4. The molecule has 0 bridgehead atoms. The summed E-state index contributed by atoms with van der Waals surface area (Å²) in [7, 11) is 1.46. The van der Waals surface area contributed by atoms with E-state index in [1.807, 2.05) is 24.3 Å². The highest BCUT2D eigenvalue weighted by atomic mass is 79.9. The first kappa shape index (κ1) is 16.3. The van der Waals surface area contributed by atoms with E-state index in [1.54, 1.807) is 0 Å². The third-order valence-electron chi connectivity index (χ3n) is 4.07. The minimum atomic E-state index is -0.622. The maximum Gasteiger partial charge on any atom is 0.331 e. The van der Waals surface area contributed by atoms with Gasteiger partial charge in [0.1, 0.15) is 5.54 Å². The van der Waals surface area contributed by atoms with E-state index >= 15 is 0 Å². The second kappa shape index (κ2) is 7.27. The van der Waals surface area contributed by atoms with Crippen molar-refractivity contribution in [3.63, 3.8) is 0 Å². The largest absolute Gasteiger partial charge is 0.467 e. The first-order valence-electron chi connectivity index (χ1n) is 7.45. The van der Waals surface area contributed by atoms with Gasteiger partial charge in [0, 0.05) is 23.2 Å². The van der Waals surface area contributed by atoms with Gasteiger partial charge in [0.15, 0.2) is 0 Å². The first-order chi connectivity index (χ1) is 10.1. The van der Waals surface area contributed by atoms with E-state index in [-0.39, 0.29) is 5.97 Å². The number of methoxy groups -OCH3 is 1. The van der Waals surface area contributed by atoms with Crippen LogP contribution in [0.1, 0.15) is 26.2 Å². The predicted octanol–water partition coefficient (Wildman–Crippen LogP) is 3.28. The number of halogens is 1. The van der Waals surface area contributed by atoms with Crippen LogP contribution < -0.4 is 5.32 Å². The summed E-state index contributed by atoms with van der Waals surface area (Å²) in [5.74, 6) is -0.172. The fourth-order valence-electron chi connectivity index (χ4n) is 2.87. The number of likely N-dealkylation sites (tertiary alicyclic amines) is 1. The highest BCUT2D eigenvalue weighted by molar-refractivity contribution is 9.10. The number of hydrogen-bond donors (Lipinski definition) is 1. The van der Waals surface area contributed by atoms with Gasteiger partial charge in [-0.05, 0) is 53.9 Å². The number of piperidine rings is 1. The molecule has 1 heterocycles. The van der Waals surface area contributed by atoms with Crippen molar-refractivity contribution < 1.29 is 9.53 Å². The Morgan fingerprint density at radius 3 is 2.62 bits per heavy atom. The molecule has 0 unspecified atom stereocenters. The molecule has 1 N–H and O–H groups in total. The zero-order chi connectivity index (χ0) is 15.3. The molecule has 0 amide bonds. The number of carbonyl (C=O) groups is 1. The summed E-state index contributed by atoms with van der Waals surface area (Å²) in [5, 5.41) is 3.43. The standard InChI is InChI=1S/C16H23BrN2O2/c1-3-10-19-11-8-16(9-12-19,15(20)21-2)18-14-7-5-4-6-13(14)17/h4-7,18H,3,8-12H2,1-2H3. The lowest BCUT2D eigenvalue weighted by molar-refractivity contribution is -0.147. The molecule has 1 saturated heterocycles. The normalized spacial score (nSPS) is 18.2. The van der Waals surface area contributed by atoms with Gasteiger partial charge in [-0.2, -0.15) is 0 Å². The summed E-state index contributed by atoms with van der Waals surface area (Å²) in [6.07, 6.45) is 2.67. The minimum Gasteiger partial charge on any atom is -0.467 e. The molecule has 1 aromatic carbocycles. The van der Waals surface area contributed by atoms with Crippen LogP contribution in [-0.2, 0) is 9.53 Å². The Balaban J connectivity index is 2.16. The molecule has 0 radical (unpaired) electrons. The molecule has 116 valence electrons. The zero-order valence-electron chi connectivity index (χ0n) is 12.7. The minimum absolute atomic E-state index is 0.172. The van der Waals surface area contributed by atoms with Crippen molar-refractivity contribution in [1.29, 1.82) is 0 Å². The Hall–Kier alpha value is -1.07. The smallest absolute Gasteiger partial charge is 0.331 e. The average Bonchev–Trinajstić information content (AvgIpc) is 2.51. The van der Waals surface area contributed by atoms with Crippen molar-refractivity contribution in [2.24, 2.45) is 0 Å². The third-order valence-corrected chi connectivity index (χ3v) is 4.76. The van der Waals surface area contributed by atoms with Crippen molar-refractivity contribution in [2.45, 2.75) is 31.7 Å². The van der Waals surface area contributed by atoms with Crippen LogP contribution in [0.3, 0.4) is 0 Å². The number of ether oxygens (including phenoxy) is 1. The Bertz CT molecular complexity index is 485. The molecule has 0 aromatic heterocycles. The number of anilines is 1. The van der Waals surface area contributed by atoms with Crippen molar-refractivity contribution in [2.75, 3.05) is 32.1 Å². The van der Waals surface area contributed by atoms with Crippen LogP contribution in [0.25, 0.3) is 0 Å². The van der Waals surface area contributed by atoms with Gasteiger partial charge in [0.05, 0.1) is 7.11 Å². The van der Waals surface area contributed by atoms with Gasteiger partial charge in [-0.25, -0.2) is 4.79 Å². The van der Waals surface area contributed by atoms with E-state index in [9.17, 15) is 4.79 Å². The molecule has 1 fully saturated rings. The van der Waals surface area contributed by atoms with Crippen LogP contribution in [0.4, 0.5) is 5.69 Å². The molecule has 0 aliphatic carbocycles. The van der Waals surface area contributed by atoms with Gasteiger partial charge in [-0.1, -0.05) is 19.1 Å². The molecule has 0 spiro atoms. The van der Waals surface area contributed by atoms with Crippen LogP contribution >= 0.6 is 15.9 Å². The monoisotopic (exact) mass is 354 g/mol. The number of hydrogen-bond acceptors (Lipinski definition) is 4. The van der Waals surface area contributed by atoms with Crippen molar-refractivity contribution in [3.8, 4) is 0 Å². The Morgan fingerprint density at radius 1 is 1.38 bits per heavy atom. The number of carbonyl (C=O) groups excluding carboxylic acids is 1. The molecule has 1 aliphatic rings. The summed E-state index contributed by atoms with van der Waals surface area (Å²) >= 11 is 3.53. The summed E-state index contributed by atoms with van der Waals surface area (Å²) in [6.45, 7) is 5.11. The number of benzene rings is 1. The highest BCUT2D eigenvalue weighted by Gasteiger charge is 2.42. The molecule has 5 heteroatoms. The lowest BCUT2D eigenvalue weighted by Crippen LogP contribution is -2.55. The fraction of sp³-hybridized carbons (Fsp3) is 0.562. The van der Waals surface area contributed by atoms with Crippen LogP contribution in [0, 0.1) is 0 Å². The zero-order valence-corrected chi connectivity index (χ0v) is 14.3. The quantitative estimate of drug-likeness (QED) is 0.823. The third kappa shape index (κ3) is 3.77. The van der Waals surface area contributed by atoms with Crippen LogP contribution in [0.2, 0.25) is 0 Å². The number of rotatable bonds is 5. The molecular weight excluding hydrogens is 332 g/mol. The summed E-state index contributed by atoms with van der Waals surface area (Å²) in [5.41, 5.74) is 0.315. The topological polar surface area (TPSA) is 41.6 Å². The molecular formula is C16H23BrN2O2. The van der Waals surface area contributed by atoms with E-state index in [1.165, 1.54) is 7.11 Å². The van der Waals surface area contributed by atoms with Crippen LogP contribution in [-0.4, -0.2) is 43.2 Å².